The van der Waals surface area contributed by atoms with Crippen molar-refractivity contribution in [3.05, 3.63) is 88.4 Å². The van der Waals surface area contributed by atoms with E-state index in [4.69, 9.17) is 21.6 Å². The van der Waals surface area contributed by atoms with Crippen molar-refractivity contribution >= 4 is 34.4 Å². The van der Waals surface area contributed by atoms with E-state index in [2.05, 4.69) is 0 Å². The van der Waals surface area contributed by atoms with E-state index in [9.17, 15) is 5.11 Å². The second-order valence-electron chi connectivity index (χ2n) is 6.31. The molecule has 1 aliphatic heterocycles. The Morgan fingerprint density at radius 1 is 0.846 bits per heavy atom. The Balaban J connectivity index is 1.87. The molecule has 1 N–H and O–H groups in total. The SMILES string of the molecule is Cc1ccc(C2=Nc3ccccc3N=C(c3ccc(Cl)cc3)C2)c(O)c1. The molecule has 3 aromatic carbocycles. The van der Waals surface area contributed by atoms with Gasteiger partial charge in [-0.1, -0.05) is 41.9 Å². The molecule has 4 rings (SSSR count). The Morgan fingerprint density at radius 2 is 1.50 bits per heavy atom. The van der Waals surface area contributed by atoms with Crippen molar-refractivity contribution in [3.63, 3.8) is 0 Å². The number of hydrogen-bond acceptors (Lipinski definition) is 3. The first-order valence-electron chi connectivity index (χ1n) is 8.40. The van der Waals surface area contributed by atoms with Crippen LogP contribution in [0.5, 0.6) is 5.75 Å². The molecule has 0 amide bonds. The summed E-state index contributed by atoms with van der Waals surface area (Å²) in [4.78, 5) is 9.65. The molecule has 0 unspecified atom stereocenters. The summed E-state index contributed by atoms with van der Waals surface area (Å²) in [7, 11) is 0. The number of aryl methyl sites for hydroxylation is 1. The van der Waals surface area contributed by atoms with Crippen LogP contribution < -0.4 is 0 Å². The zero-order valence-corrected chi connectivity index (χ0v) is 15.0. The van der Waals surface area contributed by atoms with Crippen molar-refractivity contribution in [2.45, 2.75) is 13.3 Å². The third-order valence-corrected chi connectivity index (χ3v) is 4.62. The molecule has 0 spiro atoms. The predicted molar refractivity (Wildman–Crippen MR) is 108 cm³/mol. The first-order chi connectivity index (χ1) is 12.6. The van der Waals surface area contributed by atoms with Gasteiger partial charge in [0.2, 0.25) is 0 Å². The smallest absolute Gasteiger partial charge is 0.124 e. The lowest BCUT2D eigenvalue weighted by atomic mass is 9.98. The van der Waals surface area contributed by atoms with E-state index >= 15 is 0 Å². The molecule has 0 saturated carbocycles. The fourth-order valence-corrected chi connectivity index (χ4v) is 3.16. The van der Waals surface area contributed by atoms with Gasteiger partial charge in [0.25, 0.3) is 0 Å². The summed E-state index contributed by atoms with van der Waals surface area (Å²) in [5, 5.41) is 11.1. The van der Waals surface area contributed by atoms with Gasteiger partial charge < -0.3 is 5.11 Å². The Hall–Kier alpha value is -2.91. The highest BCUT2D eigenvalue weighted by molar-refractivity contribution is 6.30. The second-order valence-corrected chi connectivity index (χ2v) is 6.75. The predicted octanol–water partition coefficient (Wildman–Crippen LogP) is 6.00. The Kier molecular flexibility index (Phi) is 4.31. The van der Waals surface area contributed by atoms with Gasteiger partial charge in [-0.15, -0.1) is 0 Å². The molecule has 1 heterocycles. The number of benzene rings is 3. The number of phenols is 1. The number of fused-ring (bicyclic) bond motifs is 1. The molecule has 1 aliphatic rings. The average molecular weight is 361 g/mol. The van der Waals surface area contributed by atoms with E-state index in [0.29, 0.717) is 11.4 Å². The summed E-state index contributed by atoms with van der Waals surface area (Å²) >= 11 is 6.03. The van der Waals surface area contributed by atoms with Crippen molar-refractivity contribution < 1.29 is 5.11 Å². The first-order valence-corrected chi connectivity index (χ1v) is 8.78. The maximum atomic E-state index is 10.4. The van der Waals surface area contributed by atoms with Gasteiger partial charge in [-0.3, -0.25) is 9.98 Å². The van der Waals surface area contributed by atoms with Gasteiger partial charge in [-0.05, 0) is 54.4 Å². The maximum Gasteiger partial charge on any atom is 0.124 e. The molecule has 3 aromatic rings. The van der Waals surface area contributed by atoms with E-state index in [1.165, 1.54) is 0 Å². The van der Waals surface area contributed by atoms with Crippen LogP contribution in [0.1, 0.15) is 23.1 Å². The highest BCUT2D eigenvalue weighted by Gasteiger charge is 2.18. The third kappa shape index (κ3) is 3.26. The largest absolute Gasteiger partial charge is 0.507 e. The Labute approximate surface area is 157 Å². The molecule has 0 saturated heterocycles. The summed E-state index contributed by atoms with van der Waals surface area (Å²) in [6.45, 7) is 1.95. The molecular weight excluding hydrogens is 344 g/mol. The van der Waals surface area contributed by atoms with Crippen LogP contribution in [-0.2, 0) is 0 Å². The molecule has 0 radical (unpaired) electrons. The number of aliphatic imine (C=N–C) groups is 2. The van der Waals surface area contributed by atoms with Gasteiger partial charge in [-0.2, -0.15) is 0 Å². The van der Waals surface area contributed by atoms with Crippen molar-refractivity contribution in [3.8, 4) is 5.75 Å². The number of rotatable bonds is 2. The molecule has 4 heteroatoms. The highest BCUT2D eigenvalue weighted by atomic mass is 35.5. The van der Waals surface area contributed by atoms with Crippen LogP contribution in [0.2, 0.25) is 5.02 Å². The fraction of sp³-hybridized carbons (Fsp3) is 0.0909. The molecule has 0 bridgehead atoms. The summed E-state index contributed by atoms with van der Waals surface area (Å²) in [6, 6.07) is 21.1. The lowest BCUT2D eigenvalue weighted by molar-refractivity contribution is 0.473. The number of phenolic OH excluding ortho intramolecular Hbond substituents is 1. The zero-order valence-electron chi connectivity index (χ0n) is 14.3. The minimum Gasteiger partial charge on any atom is -0.507 e. The molecular formula is C22H17ClN2O. The molecule has 128 valence electrons. The van der Waals surface area contributed by atoms with E-state index in [-0.39, 0.29) is 5.75 Å². The summed E-state index contributed by atoms with van der Waals surface area (Å²) in [5.74, 6) is 0.235. The summed E-state index contributed by atoms with van der Waals surface area (Å²) in [5.41, 5.74) is 6.03. The standard InChI is InChI=1S/C22H17ClN2O/c1-14-6-11-17(22(26)12-14)21-13-20(15-7-9-16(23)10-8-15)24-18-4-2-3-5-19(18)25-21/h2-12,26H,13H2,1H3. The second kappa shape index (κ2) is 6.77. The van der Waals surface area contributed by atoms with Crippen LogP contribution in [0.3, 0.4) is 0 Å². The van der Waals surface area contributed by atoms with E-state index in [1.807, 2.05) is 67.6 Å². The highest BCUT2D eigenvalue weighted by Crippen LogP contribution is 2.34. The van der Waals surface area contributed by atoms with Gasteiger partial charge in [0.15, 0.2) is 0 Å². The van der Waals surface area contributed by atoms with Crippen molar-refractivity contribution in [2.24, 2.45) is 9.98 Å². The quantitative estimate of drug-likeness (QED) is 0.598. The Bertz CT molecular complexity index is 1040. The molecule has 0 aromatic heterocycles. The molecule has 0 aliphatic carbocycles. The summed E-state index contributed by atoms with van der Waals surface area (Å²) in [6.07, 6.45) is 0.521. The number of nitrogens with zero attached hydrogens (tertiary/aromatic N) is 2. The van der Waals surface area contributed by atoms with Gasteiger partial charge in [0, 0.05) is 17.0 Å². The van der Waals surface area contributed by atoms with Crippen molar-refractivity contribution in [1.29, 1.82) is 0 Å². The average Bonchev–Trinajstić information content (AvgIpc) is 2.82. The number of hydrogen-bond donors (Lipinski definition) is 1. The third-order valence-electron chi connectivity index (χ3n) is 4.37. The number of aromatic hydroxyl groups is 1. The normalized spacial score (nSPS) is 13.5. The lowest BCUT2D eigenvalue weighted by Gasteiger charge is -2.10. The fourth-order valence-electron chi connectivity index (χ4n) is 3.03. The minimum absolute atomic E-state index is 0.235. The van der Waals surface area contributed by atoms with Crippen LogP contribution in [0.25, 0.3) is 0 Å². The van der Waals surface area contributed by atoms with Crippen LogP contribution in [-0.4, -0.2) is 16.5 Å². The van der Waals surface area contributed by atoms with Gasteiger partial charge >= 0.3 is 0 Å². The van der Waals surface area contributed by atoms with Gasteiger partial charge in [-0.25, -0.2) is 0 Å². The van der Waals surface area contributed by atoms with E-state index < -0.39 is 0 Å². The topological polar surface area (TPSA) is 45.0 Å². The molecule has 26 heavy (non-hydrogen) atoms. The number of halogens is 1. The van der Waals surface area contributed by atoms with E-state index in [0.717, 1.165) is 39.5 Å². The van der Waals surface area contributed by atoms with E-state index in [1.54, 1.807) is 6.07 Å². The molecule has 0 atom stereocenters. The van der Waals surface area contributed by atoms with Gasteiger partial charge in [0.05, 0.1) is 22.8 Å². The lowest BCUT2D eigenvalue weighted by Crippen LogP contribution is -2.10. The van der Waals surface area contributed by atoms with Crippen LogP contribution in [0.15, 0.2) is 76.7 Å². The van der Waals surface area contributed by atoms with Crippen LogP contribution >= 0.6 is 11.6 Å². The number of para-hydroxylation sites is 2. The molecule has 3 nitrogen and oxygen atoms in total. The molecule has 0 fully saturated rings. The minimum atomic E-state index is 0.235. The summed E-state index contributed by atoms with van der Waals surface area (Å²) < 4.78 is 0. The van der Waals surface area contributed by atoms with Crippen molar-refractivity contribution in [2.75, 3.05) is 0 Å². The van der Waals surface area contributed by atoms with Gasteiger partial charge in [0.1, 0.15) is 5.75 Å². The zero-order chi connectivity index (χ0) is 18.1. The monoisotopic (exact) mass is 360 g/mol. The van der Waals surface area contributed by atoms with Crippen molar-refractivity contribution in [1.82, 2.24) is 0 Å². The maximum absolute atomic E-state index is 10.4. The Morgan fingerprint density at radius 3 is 2.15 bits per heavy atom. The van der Waals surface area contributed by atoms with Crippen LogP contribution in [0.4, 0.5) is 11.4 Å². The first kappa shape index (κ1) is 16.6. The van der Waals surface area contributed by atoms with Crippen LogP contribution in [0, 0.1) is 6.92 Å².